The van der Waals surface area contributed by atoms with Gasteiger partial charge in [0.05, 0.1) is 13.2 Å². The average molecular weight is 257 g/mol. The van der Waals surface area contributed by atoms with Crippen molar-refractivity contribution >= 4 is 0 Å². The molecule has 0 aliphatic rings. The van der Waals surface area contributed by atoms with Crippen molar-refractivity contribution in [1.82, 2.24) is 4.98 Å². The van der Waals surface area contributed by atoms with Crippen molar-refractivity contribution in [2.24, 2.45) is 0 Å². The van der Waals surface area contributed by atoms with E-state index in [0.717, 1.165) is 28.9 Å². The number of ether oxygens (including phenoxy) is 1. The lowest BCUT2D eigenvalue weighted by Crippen LogP contribution is -2.05. The zero-order valence-corrected chi connectivity index (χ0v) is 11.3. The summed E-state index contributed by atoms with van der Waals surface area (Å²) < 4.78 is 5.20. The van der Waals surface area contributed by atoms with Crippen LogP contribution < -0.4 is 4.74 Å². The van der Waals surface area contributed by atoms with Crippen LogP contribution in [0.15, 0.2) is 42.7 Å². The summed E-state index contributed by atoms with van der Waals surface area (Å²) in [6.07, 6.45) is 4.49. The number of rotatable bonds is 5. The standard InChI is InChI=1S/C16H19NO2/c1-3-13-11-17-8-7-15(13)16(18)10-12-5-4-6-14(9-12)19-2/h4-9,11,16,18H,3,10H2,1-2H3. The van der Waals surface area contributed by atoms with Gasteiger partial charge in [-0.15, -0.1) is 0 Å². The van der Waals surface area contributed by atoms with Crippen LogP contribution in [0.1, 0.15) is 29.7 Å². The maximum Gasteiger partial charge on any atom is 0.119 e. The minimum Gasteiger partial charge on any atom is -0.497 e. The molecule has 3 nitrogen and oxygen atoms in total. The Labute approximate surface area is 113 Å². The van der Waals surface area contributed by atoms with E-state index in [1.807, 2.05) is 36.5 Å². The van der Waals surface area contributed by atoms with Crippen molar-refractivity contribution < 1.29 is 9.84 Å². The molecule has 1 aromatic carbocycles. The number of nitrogens with zero attached hydrogens (tertiary/aromatic N) is 1. The SMILES string of the molecule is CCc1cnccc1C(O)Cc1cccc(OC)c1. The highest BCUT2D eigenvalue weighted by molar-refractivity contribution is 5.31. The summed E-state index contributed by atoms with van der Waals surface area (Å²) in [5.41, 5.74) is 3.11. The van der Waals surface area contributed by atoms with Gasteiger partial charge in [-0.05, 0) is 41.3 Å². The second-order valence-electron chi connectivity index (χ2n) is 4.50. The first-order valence-corrected chi connectivity index (χ1v) is 6.48. The van der Waals surface area contributed by atoms with E-state index in [1.54, 1.807) is 13.3 Å². The maximum atomic E-state index is 10.4. The largest absolute Gasteiger partial charge is 0.497 e. The Morgan fingerprint density at radius 1 is 1.32 bits per heavy atom. The molecule has 0 radical (unpaired) electrons. The molecule has 0 saturated carbocycles. The Hall–Kier alpha value is -1.87. The zero-order valence-electron chi connectivity index (χ0n) is 11.3. The van der Waals surface area contributed by atoms with Crippen LogP contribution >= 0.6 is 0 Å². The Morgan fingerprint density at radius 3 is 2.89 bits per heavy atom. The summed E-state index contributed by atoms with van der Waals surface area (Å²) in [5.74, 6) is 0.815. The van der Waals surface area contributed by atoms with Crippen molar-refractivity contribution in [2.45, 2.75) is 25.9 Å². The lowest BCUT2D eigenvalue weighted by Gasteiger charge is -2.15. The fourth-order valence-corrected chi connectivity index (χ4v) is 2.19. The highest BCUT2D eigenvalue weighted by Gasteiger charge is 2.12. The topological polar surface area (TPSA) is 42.4 Å². The van der Waals surface area contributed by atoms with E-state index in [1.165, 1.54) is 0 Å². The molecule has 100 valence electrons. The molecule has 0 saturated heterocycles. The molecule has 0 spiro atoms. The number of aromatic nitrogens is 1. The number of methoxy groups -OCH3 is 1. The quantitative estimate of drug-likeness (QED) is 0.895. The number of aliphatic hydroxyl groups excluding tert-OH is 1. The summed E-state index contributed by atoms with van der Waals surface area (Å²) in [7, 11) is 1.65. The molecule has 0 amide bonds. The average Bonchev–Trinajstić information content (AvgIpc) is 2.47. The fraction of sp³-hybridized carbons (Fsp3) is 0.312. The first-order valence-electron chi connectivity index (χ1n) is 6.48. The Bertz CT molecular complexity index is 540. The molecule has 1 heterocycles. The van der Waals surface area contributed by atoms with Crippen molar-refractivity contribution in [1.29, 1.82) is 0 Å². The number of hydrogen-bond acceptors (Lipinski definition) is 3. The van der Waals surface area contributed by atoms with E-state index >= 15 is 0 Å². The van der Waals surface area contributed by atoms with Crippen molar-refractivity contribution in [2.75, 3.05) is 7.11 Å². The van der Waals surface area contributed by atoms with Gasteiger partial charge in [0.25, 0.3) is 0 Å². The third-order valence-corrected chi connectivity index (χ3v) is 3.24. The molecule has 0 bridgehead atoms. The smallest absolute Gasteiger partial charge is 0.119 e. The van der Waals surface area contributed by atoms with Gasteiger partial charge in [-0.2, -0.15) is 0 Å². The van der Waals surface area contributed by atoms with E-state index in [0.29, 0.717) is 6.42 Å². The predicted octanol–water partition coefficient (Wildman–Crippen LogP) is 2.93. The second kappa shape index (κ2) is 6.34. The molecule has 1 aromatic heterocycles. The van der Waals surface area contributed by atoms with E-state index < -0.39 is 6.10 Å². The number of aliphatic hydroxyl groups is 1. The summed E-state index contributed by atoms with van der Waals surface area (Å²) in [6.45, 7) is 2.07. The highest BCUT2D eigenvalue weighted by Crippen LogP contribution is 2.23. The van der Waals surface area contributed by atoms with E-state index in [2.05, 4.69) is 11.9 Å². The van der Waals surface area contributed by atoms with Crippen molar-refractivity contribution in [3.05, 3.63) is 59.4 Å². The van der Waals surface area contributed by atoms with Gasteiger partial charge in [-0.25, -0.2) is 0 Å². The Kier molecular flexibility index (Phi) is 4.53. The third kappa shape index (κ3) is 3.32. The molecule has 1 atom stereocenters. The van der Waals surface area contributed by atoms with Crippen LogP contribution in [0, 0.1) is 0 Å². The van der Waals surface area contributed by atoms with Gasteiger partial charge in [0, 0.05) is 18.8 Å². The van der Waals surface area contributed by atoms with E-state index in [9.17, 15) is 5.11 Å². The molecule has 0 aliphatic heterocycles. The molecular formula is C16H19NO2. The molecule has 1 N–H and O–H groups in total. The highest BCUT2D eigenvalue weighted by atomic mass is 16.5. The van der Waals surface area contributed by atoms with Gasteiger partial charge in [-0.3, -0.25) is 4.98 Å². The van der Waals surface area contributed by atoms with Gasteiger partial charge >= 0.3 is 0 Å². The van der Waals surface area contributed by atoms with E-state index in [4.69, 9.17) is 4.74 Å². The van der Waals surface area contributed by atoms with Gasteiger partial charge in [0.15, 0.2) is 0 Å². The van der Waals surface area contributed by atoms with Crippen LogP contribution in [0.4, 0.5) is 0 Å². The molecular weight excluding hydrogens is 238 g/mol. The van der Waals surface area contributed by atoms with Gasteiger partial charge in [-0.1, -0.05) is 19.1 Å². The summed E-state index contributed by atoms with van der Waals surface area (Å²) in [4.78, 5) is 4.10. The fourth-order valence-electron chi connectivity index (χ4n) is 2.19. The van der Waals surface area contributed by atoms with Crippen LogP contribution in [-0.4, -0.2) is 17.2 Å². The van der Waals surface area contributed by atoms with Gasteiger partial charge < -0.3 is 9.84 Å². The first-order chi connectivity index (χ1) is 9.24. The molecule has 2 aromatic rings. The lowest BCUT2D eigenvalue weighted by atomic mass is 9.97. The minimum atomic E-state index is -0.509. The number of pyridine rings is 1. The summed E-state index contributed by atoms with van der Waals surface area (Å²) in [6, 6.07) is 9.69. The molecule has 0 fully saturated rings. The summed E-state index contributed by atoms with van der Waals surface area (Å²) in [5, 5.41) is 10.4. The van der Waals surface area contributed by atoms with Crippen LogP contribution in [0.5, 0.6) is 5.75 Å². The van der Waals surface area contributed by atoms with Crippen LogP contribution in [0.2, 0.25) is 0 Å². The number of hydrogen-bond donors (Lipinski definition) is 1. The molecule has 1 unspecified atom stereocenters. The zero-order chi connectivity index (χ0) is 13.7. The monoisotopic (exact) mass is 257 g/mol. The maximum absolute atomic E-state index is 10.4. The normalized spacial score (nSPS) is 12.2. The minimum absolute atomic E-state index is 0.509. The summed E-state index contributed by atoms with van der Waals surface area (Å²) >= 11 is 0. The molecule has 2 rings (SSSR count). The third-order valence-electron chi connectivity index (χ3n) is 3.24. The van der Waals surface area contributed by atoms with Crippen LogP contribution in [0.3, 0.4) is 0 Å². The Balaban J connectivity index is 2.18. The molecule has 19 heavy (non-hydrogen) atoms. The number of benzene rings is 1. The molecule has 3 heteroatoms. The lowest BCUT2D eigenvalue weighted by molar-refractivity contribution is 0.177. The second-order valence-corrected chi connectivity index (χ2v) is 4.50. The van der Waals surface area contributed by atoms with Crippen LogP contribution in [-0.2, 0) is 12.8 Å². The van der Waals surface area contributed by atoms with Crippen LogP contribution in [0.25, 0.3) is 0 Å². The molecule has 0 aliphatic carbocycles. The van der Waals surface area contributed by atoms with Gasteiger partial charge in [0.2, 0.25) is 0 Å². The first kappa shape index (κ1) is 13.6. The van der Waals surface area contributed by atoms with Gasteiger partial charge in [0.1, 0.15) is 5.75 Å². The Morgan fingerprint density at radius 2 is 2.16 bits per heavy atom. The predicted molar refractivity (Wildman–Crippen MR) is 75.3 cm³/mol. The van der Waals surface area contributed by atoms with E-state index in [-0.39, 0.29) is 0 Å². The van der Waals surface area contributed by atoms with Crippen molar-refractivity contribution in [3.63, 3.8) is 0 Å². The van der Waals surface area contributed by atoms with Crippen molar-refractivity contribution in [3.8, 4) is 5.75 Å². The number of aryl methyl sites for hydroxylation is 1.